The van der Waals surface area contributed by atoms with E-state index in [-0.39, 0.29) is 0 Å². The molecule has 0 N–H and O–H groups in total. The van der Waals surface area contributed by atoms with Crippen LogP contribution in [-0.2, 0) is 4.74 Å². The quantitative estimate of drug-likeness (QED) is 0.705. The number of hydrogen-bond acceptors (Lipinski definition) is 1. The second kappa shape index (κ2) is 4.95. The van der Waals surface area contributed by atoms with Crippen molar-refractivity contribution in [2.24, 2.45) is 5.92 Å². The second-order valence-electron chi connectivity index (χ2n) is 3.63. The molecular formula is C8H9F8O. The first-order chi connectivity index (χ1) is 7.34. The van der Waals surface area contributed by atoms with Crippen molar-refractivity contribution in [1.29, 1.82) is 0 Å². The molecule has 0 unspecified atom stereocenters. The Bertz CT molecular complexity index is 229. The van der Waals surface area contributed by atoms with Crippen LogP contribution in [0.15, 0.2) is 0 Å². The van der Waals surface area contributed by atoms with Crippen molar-refractivity contribution in [2.75, 3.05) is 6.61 Å². The van der Waals surface area contributed by atoms with E-state index in [2.05, 4.69) is 4.74 Å². The van der Waals surface area contributed by atoms with Gasteiger partial charge in [0.25, 0.3) is 0 Å². The number of alkyl halides is 7. The van der Waals surface area contributed by atoms with Crippen molar-refractivity contribution < 1.29 is 39.9 Å². The fourth-order valence-corrected chi connectivity index (χ4v) is 0.723. The summed E-state index contributed by atoms with van der Waals surface area (Å²) in [5.41, 5.74) is -6.10. The third-order valence-electron chi connectivity index (χ3n) is 1.60. The van der Waals surface area contributed by atoms with Crippen molar-refractivity contribution in [3.63, 3.8) is 0 Å². The molecule has 0 saturated heterocycles. The Hall–Kier alpha value is -0.600. The van der Waals surface area contributed by atoms with E-state index >= 15 is 0 Å². The molecule has 0 fully saturated rings. The summed E-state index contributed by atoms with van der Waals surface area (Å²) in [6, 6.07) is 0. The SMILES string of the molecule is CC(C)CO[C](F)C(F)(C(F)(F)F)C(F)(F)F. The Balaban J connectivity index is 5.08. The van der Waals surface area contributed by atoms with Gasteiger partial charge in [0.1, 0.15) is 0 Å². The van der Waals surface area contributed by atoms with E-state index in [9.17, 15) is 35.1 Å². The third-order valence-corrected chi connectivity index (χ3v) is 1.60. The van der Waals surface area contributed by atoms with E-state index in [0.29, 0.717) is 0 Å². The lowest BCUT2D eigenvalue weighted by Crippen LogP contribution is -2.57. The van der Waals surface area contributed by atoms with Gasteiger partial charge in [-0.25, -0.2) is 8.78 Å². The summed E-state index contributed by atoms with van der Waals surface area (Å²) in [6.07, 6.45) is -16.2. The minimum Gasteiger partial charge on any atom is -0.338 e. The second-order valence-corrected chi connectivity index (χ2v) is 3.63. The summed E-state index contributed by atoms with van der Waals surface area (Å²) in [5.74, 6) is -0.563. The summed E-state index contributed by atoms with van der Waals surface area (Å²) in [5, 5.41) is 0. The topological polar surface area (TPSA) is 9.23 Å². The Morgan fingerprint density at radius 2 is 1.29 bits per heavy atom. The predicted octanol–water partition coefficient (Wildman–Crippen LogP) is 3.95. The molecule has 0 aromatic rings. The van der Waals surface area contributed by atoms with Crippen molar-refractivity contribution in [1.82, 2.24) is 0 Å². The first-order valence-electron chi connectivity index (χ1n) is 4.32. The van der Waals surface area contributed by atoms with Crippen LogP contribution in [0.3, 0.4) is 0 Å². The van der Waals surface area contributed by atoms with Crippen LogP contribution in [-0.4, -0.2) is 24.6 Å². The minimum atomic E-state index is -6.48. The van der Waals surface area contributed by atoms with Gasteiger partial charge in [-0.15, -0.1) is 0 Å². The van der Waals surface area contributed by atoms with Gasteiger partial charge in [-0.3, -0.25) is 0 Å². The summed E-state index contributed by atoms with van der Waals surface area (Å²) in [4.78, 5) is 0. The summed E-state index contributed by atoms with van der Waals surface area (Å²) < 4.78 is 101. The van der Waals surface area contributed by atoms with Crippen LogP contribution < -0.4 is 0 Å². The summed E-state index contributed by atoms with van der Waals surface area (Å²) >= 11 is 0. The standard InChI is InChI=1S/C8H9F8O/c1-4(2)3-17-5(9)6(10,7(11,12)13)8(14,15)16/h4H,3H2,1-2H3. The average Bonchev–Trinajstić information content (AvgIpc) is 2.08. The van der Waals surface area contributed by atoms with Gasteiger partial charge in [0.2, 0.25) is 0 Å². The number of ether oxygens (including phenoxy) is 1. The molecule has 0 bridgehead atoms. The largest absolute Gasteiger partial charge is 0.437 e. The lowest BCUT2D eigenvalue weighted by atomic mass is 10.1. The molecule has 1 nitrogen and oxygen atoms in total. The third kappa shape index (κ3) is 3.43. The normalized spacial score (nSPS) is 14.8. The highest BCUT2D eigenvalue weighted by atomic mass is 19.4. The van der Waals surface area contributed by atoms with E-state index in [4.69, 9.17) is 0 Å². The smallest absolute Gasteiger partial charge is 0.338 e. The van der Waals surface area contributed by atoms with Crippen LogP contribution in [0, 0.1) is 12.3 Å². The first-order valence-corrected chi connectivity index (χ1v) is 4.32. The number of halogens is 8. The van der Waals surface area contributed by atoms with Crippen molar-refractivity contribution in [3.05, 3.63) is 6.36 Å². The van der Waals surface area contributed by atoms with Gasteiger partial charge in [0, 0.05) is 0 Å². The summed E-state index contributed by atoms with van der Waals surface area (Å²) in [6.45, 7) is 1.88. The van der Waals surface area contributed by atoms with Crippen molar-refractivity contribution in [2.45, 2.75) is 31.9 Å². The Morgan fingerprint density at radius 1 is 0.941 bits per heavy atom. The fraction of sp³-hybridized carbons (Fsp3) is 0.875. The van der Waals surface area contributed by atoms with Crippen LogP contribution in [0.4, 0.5) is 35.1 Å². The molecule has 0 aliphatic carbocycles. The molecule has 0 saturated carbocycles. The first kappa shape index (κ1) is 16.4. The molecular weight excluding hydrogens is 264 g/mol. The highest BCUT2D eigenvalue weighted by Crippen LogP contribution is 2.52. The lowest BCUT2D eigenvalue weighted by molar-refractivity contribution is -0.358. The Labute approximate surface area is 91.7 Å². The van der Waals surface area contributed by atoms with Gasteiger partial charge in [0.15, 0.2) is 0 Å². The molecule has 0 rings (SSSR count). The Kier molecular flexibility index (Phi) is 4.77. The molecule has 9 heteroatoms. The number of hydrogen-bond donors (Lipinski definition) is 0. The zero-order valence-electron chi connectivity index (χ0n) is 8.72. The van der Waals surface area contributed by atoms with E-state index in [0.717, 1.165) is 0 Å². The number of rotatable bonds is 4. The monoisotopic (exact) mass is 273 g/mol. The van der Waals surface area contributed by atoms with Gasteiger partial charge < -0.3 is 4.74 Å². The zero-order chi connectivity index (χ0) is 14.1. The minimum absolute atomic E-state index is 0.563. The maximum absolute atomic E-state index is 12.9. The van der Waals surface area contributed by atoms with Gasteiger partial charge in [0.05, 0.1) is 6.61 Å². The van der Waals surface area contributed by atoms with E-state index in [1.54, 1.807) is 0 Å². The van der Waals surface area contributed by atoms with Crippen LogP contribution in [0.1, 0.15) is 13.8 Å². The molecule has 0 heterocycles. The highest BCUT2D eigenvalue weighted by Gasteiger charge is 2.79. The molecule has 0 atom stereocenters. The van der Waals surface area contributed by atoms with E-state index in [1.165, 1.54) is 13.8 Å². The van der Waals surface area contributed by atoms with E-state index < -0.39 is 36.9 Å². The molecule has 0 spiro atoms. The zero-order valence-corrected chi connectivity index (χ0v) is 8.72. The van der Waals surface area contributed by atoms with Gasteiger partial charge >= 0.3 is 24.4 Å². The maximum atomic E-state index is 12.9. The molecule has 0 aromatic carbocycles. The Morgan fingerprint density at radius 3 is 1.53 bits per heavy atom. The average molecular weight is 273 g/mol. The maximum Gasteiger partial charge on any atom is 0.437 e. The van der Waals surface area contributed by atoms with Gasteiger partial charge in [-0.1, -0.05) is 13.8 Å². The lowest BCUT2D eigenvalue weighted by Gasteiger charge is -2.31. The fourth-order valence-electron chi connectivity index (χ4n) is 0.723. The van der Waals surface area contributed by atoms with Crippen LogP contribution >= 0.6 is 0 Å². The van der Waals surface area contributed by atoms with Crippen molar-refractivity contribution in [3.8, 4) is 0 Å². The molecule has 103 valence electrons. The highest BCUT2D eigenvalue weighted by molar-refractivity contribution is 5.06. The van der Waals surface area contributed by atoms with Crippen molar-refractivity contribution >= 4 is 0 Å². The summed E-state index contributed by atoms with van der Waals surface area (Å²) in [7, 11) is 0. The molecule has 0 aliphatic rings. The molecule has 0 amide bonds. The van der Waals surface area contributed by atoms with Crippen LogP contribution in [0.25, 0.3) is 0 Å². The molecule has 1 radical (unpaired) electrons. The van der Waals surface area contributed by atoms with Crippen LogP contribution in [0.2, 0.25) is 0 Å². The molecule has 17 heavy (non-hydrogen) atoms. The molecule has 0 aromatic heterocycles. The van der Waals surface area contributed by atoms with E-state index in [1.807, 2.05) is 0 Å². The predicted molar refractivity (Wildman–Crippen MR) is 41.1 cm³/mol. The van der Waals surface area contributed by atoms with Crippen LogP contribution in [0.5, 0.6) is 0 Å². The molecule has 0 aliphatic heterocycles. The van der Waals surface area contributed by atoms with Gasteiger partial charge in [-0.2, -0.15) is 26.3 Å². The van der Waals surface area contributed by atoms with Gasteiger partial charge in [-0.05, 0) is 5.92 Å².